The van der Waals surface area contributed by atoms with E-state index in [1.54, 1.807) is 36.0 Å². The van der Waals surface area contributed by atoms with Crippen LogP contribution in [-0.2, 0) is 11.8 Å². The summed E-state index contributed by atoms with van der Waals surface area (Å²) in [6, 6.07) is 8.33. The Labute approximate surface area is 148 Å². The molecule has 0 unspecified atom stereocenters. The minimum Gasteiger partial charge on any atom is -0.376 e. The van der Waals surface area contributed by atoms with Gasteiger partial charge in [-0.1, -0.05) is 12.1 Å². The van der Waals surface area contributed by atoms with Gasteiger partial charge in [-0.2, -0.15) is 5.10 Å². The van der Waals surface area contributed by atoms with E-state index in [1.807, 2.05) is 0 Å². The molecule has 25 heavy (non-hydrogen) atoms. The zero-order chi connectivity index (χ0) is 17.4. The van der Waals surface area contributed by atoms with Crippen molar-refractivity contribution in [2.75, 3.05) is 13.2 Å². The molecule has 0 aliphatic carbocycles. The van der Waals surface area contributed by atoms with Gasteiger partial charge in [0, 0.05) is 31.1 Å². The minimum absolute atomic E-state index is 0.106. The van der Waals surface area contributed by atoms with Crippen molar-refractivity contribution in [2.45, 2.75) is 18.9 Å². The van der Waals surface area contributed by atoms with Gasteiger partial charge in [0.1, 0.15) is 16.3 Å². The number of halogens is 1. The minimum atomic E-state index is -0.321. The third kappa shape index (κ3) is 3.05. The van der Waals surface area contributed by atoms with Crippen LogP contribution in [0.3, 0.4) is 0 Å². The van der Waals surface area contributed by atoms with E-state index in [9.17, 15) is 9.18 Å². The van der Waals surface area contributed by atoms with Gasteiger partial charge in [-0.05, 0) is 31.0 Å². The van der Waals surface area contributed by atoms with Crippen LogP contribution in [0, 0.1) is 5.82 Å². The number of fused-ring (bicyclic) bond motifs is 1. The second-order valence-electron chi connectivity index (χ2n) is 6.13. The molecule has 130 valence electrons. The van der Waals surface area contributed by atoms with E-state index in [2.05, 4.69) is 10.4 Å². The summed E-state index contributed by atoms with van der Waals surface area (Å²) in [7, 11) is 1.80. The molecule has 3 aromatic rings. The normalized spacial score (nSPS) is 17.3. The number of ether oxygens (including phenoxy) is 1. The average molecular weight is 359 g/mol. The fourth-order valence-electron chi connectivity index (χ4n) is 3.10. The van der Waals surface area contributed by atoms with Crippen molar-refractivity contribution < 1.29 is 13.9 Å². The molecule has 1 amide bonds. The third-order valence-electron chi connectivity index (χ3n) is 4.38. The third-order valence-corrected chi connectivity index (χ3v) is 5.58. The van der Waals surface area contributed by atoms with Gasteiger partial charge < -0.3 is 10.1 Å². The van der Waals surface area contributed by atoms with E-state index in [1.165, 1.54) is 17.4 Å². The number of hydrogen-bond acceptors (Lipinski definition) is 4. The number of hydrogen-bond donors (Lipinski definition) is 1. The van der Waals surface area contributed by atoms with Gasteiger partial charge in [-0.3, -0.25) is 9.48 Å². The average Bonchev–Trinajstić information content (AvgIpc) is 3.32. The summed E-state index contributed by atoms with van der Waals surface area (Å²) in [6.45, 7) is 1.28. The molecule has 0 saturated carbocycles. The monoisotopic (exact) mass is 359 g/mol. The smallest absolute Gasteiger partial charge is 0.261 e. The summed E-state index contributed by atoms with van der Waals surface area (Å²) in [5, 5.41) is 8.14. The van der Waals surface area contributed by atoms with Crippen molar-refractivity contribution in [2.24, 2.45) is 7.05 Å². The van der Waals surface area contributed by atoms with Gasteiger partial charge >= 0.3 is 0 Å². The fourth-order valence-corrected chi connectivity index (χ4v) is 4.09. The van der Waals surface area contributed by atoms with E-state index in [4.69, 9.17) is 4.74 Å². The van der Waals surface area contributed by atoms with Gasteiger partial charge in [0.15, 0.2) is 0 Å². The maximum atomic E-state index is 14.1. The highest BCUT2D eigenvalue weighted by Gasteiger charge is 2.21. The number of carbonyl (C=O) groups is 1. The van der Waals surface area contributed by atoms with Gasteiger partial charge in [0.25, 0.3) is 5.91 Å². The van der Waals surface area contributed by atoms with Crippen LogP contribution >= 0.6 is 11.3 Å². The summed E-state index contributed by atoms with van der Waals surface area (Å²) in [5.41, 5.74) is 1.00. The highest BCUT2D eigenvalue weighted by atomic mass is 32.1. The van der Waals surface area contributed by atoms with E-state index in [-0.39, 0.29) is 17.8 Å². The maximum Gasteiger partial charge on any atom is 0.261 e. The molecular formula is C18H18FN3O2S. The molecule has 2 aromatic heterocycles. The number of thiophene rings is 1. The van der Waals surface area contributed by atoms with Crippen LogP contribution in [0.15, 0.2) is 30.3 Å². The molecule has 4 rings (SSSR count). The summed E-state index contributed by atoms with van der Waals surface area (Å²) in [5.74, 6) is -0.450. The van der Waals surface area contributed by atoms with Crippen LogP contribution in [0.4, 0.5) is 4.39 Å². The van der Waals surface area contributed by atoms with Gasteiger partial charge in [-0.25, -0.2) is 4.39 Å². The molecule has 7 heteroatoms. The molecule has 1 aliphatic rings. The molecule has 1 aromatic carbocycles. The first kappa shape index (κ1) is 16.2. The highest BCUT2D eigenvalue weighted by molar-refractivity contribution is 7.20. The second kappa shape index (κ2) is 6.57. The molecule has 3 heterocycles. The van der Waals surface area contributed by atoms with Crippen molar-refractivity contribution in [1.29, 1.82) is 0 Å². The van der Waals surface area contributed by atoms with Crippen LogP contribution in [0.1, 0.15) is 22.5 Å². The van der Waals surface area contributed by atoms with Crippen molar-refractivity contribution in [3.8, 4) is 11.3 Å². The first-order chi connectivity index (χ1) is 12.1. The molecule has 0 bridgehead atoms. The number of rotatable bonds is 4. The quantitative estimate of drug-likeness (QED) is 0.777. The van der Waals surface area contributed by atoms with Gasteiger partial charge in [0.2, 0.25) is 0 Å². The standard InChI is InChI=1S/C18H18FN3O2S/c1-22-18-13(16(21-22)12-6-2-3-7-14(12)19)9-15(25-18)17(23)20-10-11-5-4-8-24-11/h2-3,6-7,9,11H,4-5,8,10H2,1H3,(H,20,23)/t11-/m0/s1. The van der Waals surface area contributed by atoms with Crippen LogP contribution in [0.5, 0.6) is 0 Å². The fraction of sp³-hybridized carbons (Fsp3) is 0.333. The Morgan fingerprint density at radius 1 is 1.48 bits per heavy atom. The number of nitrogens with one attached hydrogen (secondary N) is 1. The Kier molecular flexibility index (Phi) is 4.27. The van der Waals surface area contributed by atoms with E-state index >= 15 is 0 Å². The molecule has 1 saturated heterocycles. The predicted octanol–water partition coefficient (Wildman–Crippen LogP) is 3.35. The predicted molar refractivity (Wildman–Crippen MR) is 95.3 cm³/mol. The summed E-state index contributed by atoms with van der Waals surface area (Å²) in [4.78, 5) is 13.9. The Hall–Kier alpha value is -2.25. The lowest BCUT2D eigenvalue weighted by molar-refractivity contribution is 0.0861. The Balaban J connectivity index is 1.63. The molecule has 0 spiro atoms. The van der Waals surface area contributed by atoms with Gasteiger partial charge in [-0.15, -0.1) is 11.3 Å². The van der Waals surface area contributed by atoms with Crippen molar-refractivity contribution in [3.05, 3.63) is 41.0 Å². The molecule has 1 aliphatic heterocycles. The van der Waals surface area contributed by atoms with E-state index < -0.39 is 0 Å². The van der Waals surface area contributed by atoms with Crippen molar-refractivity contribution >= 4 is 27.5 Å². The number of amides is 1. The zero-order valence-corrected chi connectivity index (χ0v) is 14.6. The van der Waals surface area contributed by atoms with Crippen molar-refractivity contribution in [1.82, 2.24) is 15.1 Å². The molecular weight excluding hydrogens is 341 g/mol. The molecule has 1 fully saturated rings. The van der Waals surface area contributed by atoms with Crippen LogP contribution < -0.4 is 5.32 Å². The number of nitrogens with zero attached hydrogens (tertiary/aromatic N) is 2. The topological polar surface area (TPSA) is 56.2 Å². The lowest BCUT2D eigenvalue weighted by atomic mass is 10.1. The Morgan fingerprint density at radius 3 is 3.08 bits per heavy atom. The van der Waals surface area contributed by atoms with Gasteiger partial charge in [0.05, 0.1) is 11.0 Å². The van der Waals surface area contributed by atoms with Crippen LogP contribution in [0.2, 0.25) is 0 Å². The number of aryl methyl sites for hydroxylation is 1. The Bertz CT molecular complexity index is 928. The SMILES string of the molecule is Cn1nc(-c2ccccc2F)c2cc(C(=O)NC[C@@H]3CCCO3)sc21. The van der Waals surface area contributed by atoms with Crippen LogP contribution in [0.25, 0.3) is 21.5 Å². The number of aromatic nitrogens is 2. The lowest BCUT2D eigenvalue weighted by Gasteiger charge is -2.09. The molecule has 1 atom stereocenters. The molecule has 0 radical (unpaired) electrons. The lowest BCUT2D eigenvalue weighted by Crippen LogP contribution is -2.31. The zero-order valence-electron chi connectivity index (χ0n) is 13.8. The highest BCUT2D eigenvalue weighted by Crippen LogP contribution is 2.34. The number of benzene rings is 1. The van der Waals surface area contributed by atoms with Crippen LogP contribution in [-0.4, -0.2) is 34.9 Å². The molecule has 1 N–H and O–H groups in total. The first-order valence-electron chi connectivity index (χ1n) is 8.24. The second-order valence-corrected chi connectivity index (χ2v) is 7.16. The Morgan fingerprint density at radius 2 is 2.32 bits per heavy atom. The number of carbonyl (C=O) groups excluding carboxylic acids is 1. The summed E-state index contributed by atoms with van der Waals surface area (Å²) >= 11 is 1.36. The van der Waals surface area contributed by atoms with E-state index in [0.29, 0.717) is 22.7 Å². The maximum absolute atomic E-state index is 14.1. The molecule has 5 nitrogen and oxygen atoms in total. The first-order valence-corrected chi connectivity index (χ1v) is 9.06. The van der Waals surface area contributed by atoms with E-state index in [0.717, 1.165) is 29.7 Å². The van der Waals surface area contributed by atoms with Crippen molar-refractivity contribution in [3.63, 3.8) is 0 Å². The largest absolute Gasteiger partial charge is 0.376 e. The summed E-state index contributed by atoms with van der Waals surface area (Å²) in [6.07, 6.45) is 2.13. The summed E-state index contributed by atoms with van der Waals surface area (Å²) < 4.78 is 21.4.